The van der Waals surface area contributed by atoms with Crippen molar-refractivity contribution in [1.82, 2.24) is 0 Å². The third-order valence-corrected chi connectivity index (χ3v) is 5.04. The monoisotopic (exact) mass is 405 g/mol. The Morgan fingerprint density at radius 1 is 1.16 bits per heavy atom. The molecule has 0 aliphatic heterocycles. The van der Waals surface area contributed by atoms with E-state index >= 15 is 0 Å². The van der Waals surface area contributed by atoms with Gasteiger partial charge in [-0.15, -0.1) is 0 Å². The van der Waals surface area contributed by atoms with E-state index in [0.717, 1.165) is 6.07 Å². The van der Waals surface area contributed by atoms with E-state index in [2.05, 4.69) is 9.46 Å². The molecule has 2 rings (SSSR count). The van der Waals surface area contributed by atoms with Crippen molar-refractivity contribution in [2.75, 3.05) is 18.9 Å². The molecule has 0 bridgehead atoms. The first-order valence-electron chi connectivity index (χ1n) is 6.66. The summed E-state index contributed by atoms with van der Waals surface area (Å²) in [6.45, 7) is 0. The minimum atomic E-state index is -4.19. The number of benzene rings is 2. The van der Waals surface area contributed by atoms with Crippen LogP contribution in [0.15, 0.2) is 35.2 Å². The summed E-state index contributed by atoms with van der Waals surface area (Å²) in [6.07, 6.45) is 0. The lowest BCUT2D eigenvalue weighted by atomic mass is 10.2. The standard InChI is InChI=1S/C15H13Cl2NO6S/c1-23-12-7-9(3-4-10(12)15(20)24-2)18-25(21,22)13-6-8(16)5-11(17)14(13)19/h3-7,18-19H,1-2H3. The highest BCUT2D eigenvalue weighted by atomic mass is 35.5. The fourth-order valence-corrected chi connectivity index (χ4v) is 3.80. The number of esters is 1. The van der Waals surface area contributed by atoms with Crippen LogP contribution < -0.4 is 9.46 Å². The third-order valence-electron chi connectivity index (χ3n) is 3.14. The number of ether oxygens (including phenoxy) is 2. The van der Waals surface area contributed by atoms with Crippen molar-refractivity contribution >= 4 is 44.9 Å². The van der Waals surface area contributed by atoms with Gasteiger partial charge >= 0.3 is 5.97 Å². The lowest BCUT2D eigenvalue weighted by molar-refractivity contribution is 0.0597. The Labute approximate surface area is 154 Å². The van der Waals surface area contributed by atoms with Gasteiger partial charge in [0, 0.05) is 11.1 Å². The molecule has 0 unspecified atom stereocenters. The van der Waals surface area contributed by atoms with E-state index in [4.69, 9.17) is 27.9 Å². The van der Waals surface area contributed by atoms with E-state index < -0.39 is 26.6 Å². The molecule has 0 amide bonds. The van der Waals surface area contributed by atoms with Crippen molar-refractivity contribution in [3.8, 4) is 11.5 Å². The summed E-state index contributed by atoms with van der Waals surface area (Å²) in [4.78, 5) is 11.1. The number of rotatable bonds is 5. The highest BCUT2D eigenvalue weighted by Gasteiger charge is 2.23. The zero-order chi connectivity index (χ0) is 18.8. The van der Waals surface area contributed by atoms with Crippen LogP contribution in [0.3, 0.4) is 0 Å². The Morgan fingerprint density at radius 3 is 2.44 bits per heavy atom. The molecule has 2 aromatic carbocycles. The number of phenolic OH excluding ortho intramolecular Hbond substituents is 1. The van der Waals surface area contributed by atoms with Gasteiger partial charge in [-0.05, 0) is 24.3 Å². The van der Waals surface area contributed by atoms with Gasteiger partial charge in [0.25, 0.3) is 10.0 Å². The average Bonchev–Trinajstić information content (AvgIpc) is 2.56. The van der Waals surface area contributed by atoms with Gasteiger partial charge in [-0.3, -0.25) is 4.72 Å². The summed E-state index contributed by atoms with van der Waals surface area (Å²) in [5.74, 6) is -1.15. The molecule has 0 atom stereocenters. The van der Waals surface area contributed by atoms with Crippen LogP contribution in [0.1, 0.15) is 10.4 Å². The number of carbonyl (C=O) groups excluding carboxylic acids is 1. The molecular formula is C15H13Cl2NO6S. The van der Waals surface area contributed by atoms with Crippen molar-refractivity contribution in [2.24, 2.45) is 0 Å². The fraction of sp³-hybridized carbons (Fsp3) is 0.133. The normalized spacial score (nSPS) is 11.0. The van der Waals surface area contributed by atoms with Gasteiger partial charge in [-0.2, -0.15) is 0 Å². The summed E-state index contributed by atoms with van der Waals surface area (Å²) in [5, 5.41) is 9.73. The smallest absolute Gasteiger partial charge is 0.341 e. The van der Waals surface area contributed by atoms with Gasteiger partial charge in [0.2, 0.25) is 0 Å². The number of anilines is 1. The molecule has 134 valence electrons. The number of methoxy groups -OCH3 is 2. The minimum Gasteiger partial charge on any atom is -0.505 e. The zero-order valence-electron chi connectivity index (χ0n) is 13.0. The second-order valence-corrected chi connectivity index (χ2v) is 7.24. The highest BCUT2D eigenvalue weighted by molar-refractivity contribution is 7.92. The number of nitrogens with one attached hydrogen (secondary N) is 1. The first-order valence-corrected chi connectivity index (χ1v) is 8.90. The fourth-order valence-electron chi connectivity index (χ4n) is 1.99. The Bertz CT molecular complexity index is 930. The largest absolute Gasteiger partial charge is 0.505 e. The summed E-state index contributed by atoms with van der Waals surface area (Å²) < 4.78 is 36.9. The summed E-state index contributed by atoms with van der Waals surface area (Å²) in [7, 11) is -1.66. The van der Waals surface area contributed by atoms with Crippen LogP contribution in [0.5, 0.6) is 11.5 Å². The number of sulfonamides is 1. The van der Waals surface area contributed by atoms with Crippen LogP contribution in [0.4, 0.5) is 5.69 Å². The molecule has 10 heteroatoms. The van der Waals surface area contributed by atoms with Gasteiger partial charge in [0.15, 0.2) is 5.75 Å². The van der Waals surface area contributed by atoms with Crippen molar-refractivity contribution in [3.05, 3.63) is 45.9 Å². The van der Waals surface area contributed by atoms with Crippen LogP contribution in [-0.2, 0) is 14.8 Å². The zero-order valence-corrected chi connectivity index (χ0v) is 15.4. The van der Waals surface area contributed by atoms with Crippen molar-refractivity contribution in [1.29, 1.82) is 0 Å². The van der Waals surface area contributed by atoms with E-state index in [1.54, 1.807) is 0 Å². The predicted molar refractivity (Wildman–Crippen MR) is 93.3 cm³/mol. The summed E-state index contributed by atoms with van der Waals surface area (Å²) in [5.41, 5.74) is 0.224. The number of hydrogen-bond acceptors (Lipinski definition) is 6. The maximum atomic E-state index is 12.5. The van der Waals surface area contributed by atoms with Gasteiger partial charge in [0.05, 0.1) is 24.9 Å². The molecule has 0 saturated heterocycles. The maximum absolute atomic E-state index is 12.5. The van der Waals surface area contributed by atoms with Crippen molar-refractivity contribution < 1.29 is 27.8 Å². The second-order valence-electron chi connectivity index (χ2n) is 4.75. The average molecular weight is 406 g/mol. The Balaban J connectivity index is 2.44. The quantitative estimate of drug-likeness (QED) is 0.739. The van der Waals surface area contributed by atoms with Gasteiger partial charge in [-0.25, -0.2) is 13.2 Å². The molecular weight excluding hydrogens is 393 g/mol. The Hall–Kier alpha value is -2.16. The molecule has 7 nitrogen and oxygen atoms in total. The number of aromatic hydroxyl groups is 1. The molecule has 0 aromatic heterocycles. The first-order chi connectivity index (χ1) is 11.7. The van der Waals surface area contributed by atoms with Crippen LogP contribution >= 0.6 is 23.2 Å². The van der Waals surface area contributed by atoms with Crippen molar-refractivity contribution in [3.63, 3.8) is 0 Å². The van der Waals surface area contributed by atoms with E-state index in [-0.39, 0.29) is 27.0 Å². The molecule has 0 aliphatic rings. The summed E-state index contributed by atoms with van der Waals surface area (Å²) >= 11 is 11.5. The minimum absolute atomic E-state index is 0.0433. The molecule has 0 aliphatic carbocycles. The van der Waals surface area contributed by atoms with Gasteiger partial charge in [-0.1, -0.05) is 23.2 Å². The molecule has 0 fully saturated rings. The number of carbonyl (C=O) groups is 1. The lowest BCUT2D eigenvalue weighted by Gasteiger charge is -2.13. The number of phenols is 1. The highest BCUT2D eigenvalue weighted by Crippen LogP contribution is 2.35. The van der Waals surface area contributed by atoms with E-state index in [0.29, 0.717) is 0 Å². The molecule has 25 heavy (non-hydrogen) atoms. The third kappa shape index (κ3) is 4.09. The van der Waals surface area contributed by atoms with E-state index in [9.17, 15) is 18.3 Å². The van der Waals surface area contributed by atoms with Crippen LogP contribution in [0.25, 0.3) is 0 Å². The van der Waals surface area contributed by atoms with E-state index in [1.807, 2.05) is 0 Å². The van der Waals surface area contributed by atoms with E-state index in [1.165, 1.54) is 38.5 Å². The number of hydrogen-bond donors (Lipinski definition) is 2. The topological polar surface area (TPSA) is 102 Å². The molecule has 0 spiro atoms. The molecule has 2 aromatic rings. The Morgan fingerprint density at radius 2 is 1.84 bits per heavy atom. The molecule has 0 radical (unpaired) electrons. The molecule has 2 N–H and O–H groups in total. The molecule has 0 heterocycles. The number of halogens is 2. The SMILES string of the molecule is COC(=O)c1ccc(NS(=O)(=O)c2cc(Cl)cc(Cl)c2O)cc1OC. The predicted octanol–water partition coefficient (Wildman–Crippen LogP) is 3.30. The van der Waals surface area contributed by atoms with Crippen LogP contribution in [0, 0.1) is 0 Å². The second kappa shape index (κ2) is 7.38. The Kier molecular flexibility index (Phi) is 5.66. The van der Waals surface area contributed by atoms with Crippen molar-refractivity contribution in [2.45, 2.75) is 4.90 Å². The first kappa shape index (κ1) is 19.2. The van der Waals surface area contributed by atoms with Gasteiger partial charge < -0.3 is 14.6 Å². The lowest BCUT2D eigenvalue weighted by Crippen LogP contribution is -2.14. The van der Waals surface area contributed by atoms with Crippen LogP contribution in [-0.4, -0.2) is 33.7 Å². The maximum Gasteiger partial charge on any atom is 0.341 e. The van der Waals surface area contributed by atoms with Crippen LogP contribution in [0.2, 0.25) is 10.0 Å². The summed E-state index contributed by atoms with van der Waals surface area (Å²) in [6, 6.07) is 6.26. The molecule has 0 saturated carbocycles. The van der Waals surface area contributed by atoms with Gasteiger partial charge in [0.1, 0.15) is 16.2 Å².